The summed E-state index contributed by atoms with van der Waals surface area (Å²) in [5, 5.41) is 0. The normalized spacial score (nSPS) is 26.6. The van der Waals surface area contributed by atoms with E-state index in [1.807, 2.05) is 0 Å². The molecule has 0 fully saturated rings. The average Bonchev–Trinajstić information content (AvgIpc) is 3.23. The topological polar surface area (TPSA) is 0 Å². The van der Waals surface area contributed by atoms with Crippen LogP contribution in [-0.2, 0) is 36.0 Å². The molecule has 0 bridgehead atoms. The molecule has 0 nitrogen and oxygen atoms in total. The predicted octanol–water partition coefficient (Wildman–Crippen LogP) is 8.95. The summed E-state index contributed by atoms with van der Waals surface area (Å²) >= 11 is -3.03. The first-order valence-electron chi connectivity index (χ1n) is 12.0. The van der Waals surface area contributed by atoms with Gasteiger partial charge in [0.25, 0.3) is 0 Å². The Bertz CT molecular complexity index is 987. The fraction of sp³-hybridized carbons (Fsp3) is 0.586. The van der Waals surface area contributed by atoms with Crippen molar-refractivity contribution in [2.75, 3.05) is 0 Å². The molecule has 0 amide bonds. The van der Waals surface area contributed by atoms with E-state index < -0.39 is 20.0 Å². The minimum absolute atomic E-state index is 0.292. The zero-order valence-electron chi connectivity index (χ0n) is 21.1. The van der Waals surface area contributed by atoms with Crippen molar-refractivity contribution < 1.29 is 20.0 Å². The average molecular weight is 569 g/mol. The van der Waals surface area contributed by atoms with Gasteiger partial charge < -0.3 is 0 Å². The number of rotatable bonds is 4. The van der Waals surface area contributed by atoms with Crippen molar-refractivity contribution in [2.24, 2.45) is 5.41 Å². The van der Waals surface area contributed by atoms with Crippen LogP contribution >= 0.6 is 0 Å². The fourth-order valence-corrected chi connectivity index (χ4v) is 26.9. The van der Waals surface area contributed by atoms with E-state index in [1.165, 1.54) is 31.2 Å². The molecular weight excluding hydrogens is 527 g/mol. The van der Waals surface area contributed by atoms with Crippen molar-refractivity contribution in [2.45, 2.75) is 96.8 Å². The second-order valence-electron chi connectivity index (χ2n) is 12.0. The summed E-state index contributed by atoms with van der Waals surface area (Å²) in [4.78, 5) is 0. The van der Waals surface area contributed by atoms with E-state index in [2.05, 4.69) is 89.0 Å². The molecule has 3 aliphatic rings. The van der Waals surface area contributed by atoms with E-state index in [4.69, 9.17) is 0 Å². The quantitative estimate of drug-likeness (QED) is 0.318. The second-order valence-corrected chi connectivity index (χ2v) is 30.5. The van der Waals surface area contributed by atoms with Crippen molar-refractivity contribution >= 4 is 6.08 Å². The van der Waals surface area contributed by atoms with Gasteiger partial charge in [0.15, 0.2) is 0 Å². The summed E-state index contributed by atoms with van der Waals surface area (Å²) in [5.41, 5.74) is 13.3. The Morgan fingerprint density at radius 1 is 0.867 bits per heavy atom. The molecule has 0 radical (unpaired) electrons. The molecule has 162 valence electrons. The third-order valence-electron chi connectivity index (χ3n) is 9.93. The standard InChI is InChI=1S/C17H21.C10H15.2CH3.Hf/c1-4-5-12-6-7-13-8-14-10-17(2,3)11-15(14)9-16(12)13;1-6-7(2)9(4)10(5)8(6)3;;;/h6-9H,4-5,10-11H2,1-3H3;1-5H3;2*1H3;. The molecule has 0 spiro atoms. The van der Waals surface area contributed by atoms with Gasteiger partial charge in [-0.05, 0) is 0 Å². The molecule has 0 saturated carbocycles. The molecule has 0 N–H and O–H groups in total. The first-order chi connectivity index (χ1) is 13.8. The first-order valence-corrected chi connectivity index (χ1v) is 22.8. The molecule has 3 aliphatic carbocycles. The van der Waals surface area contributed by atoms with Gasteiger partial charge in [-0.3, -0.25) is 0 Å². The second kappa shape index (κ2) is 6.90. The summed E-state index contributed by atoms with van der Waals surface area (Å²) in [5.74, 6) is 0. The molecule has 1 aromatic carbocycles. The molecule has 0 aromatic heterocycles. The Labute approximate surface area is 190 Å². The van der Waals surface area contributed by atoms with E-state index in [9.17, 15) is 0 Å². The Balaban J connectivity index is 1.93. The number of fused-ring (bicyclic) bond motifs is 2. The summed E-state index contributed by atoms with van der Waals surface area (Å²) < 4.78 is 6.14. The number of allylic oxidation sites excluding steroid dienone is 5. The van der Waals surface area contributed by atoms with Crippen LogP contribution in [0, 0.1) is 5.41 Å². The molecular formula is C29H42Hf. The first kappa shape index (κ1) is 22.5. The SMILES string of the molecule is CCC[C]1([Hf]([CH3])([CH3])[C]2(C)C(C)=C(C)C(C)=C2C)C=Cc2cc3c(cc21)CC(C)(C)C3. The molecule has 30 heavy (non-hydrogen) atoms. The maximum atomic E-state index is 2.78. The third kappa shape index (κ3) is 2.72. The molecule has 0 heterocycles. The van der Waals surface area contributed by atoms with Crippen molar-refractivity contribution in [3.63, 3.8) is 0 Å². The van der Waals surface area contributed by atoms with E-state index >= 15 is 0 Å². The summed E-state index contributed by atoms with van der Waals surface area (Å²) in [6.45, 7) is 19.5. The fourth-order valence-electron chi connectivity index (χ4n) is 7.42. The summed E-state index contributed by atoms with van der Waals surface area (Å²) in [6.07, 6.45) is 10.2. The van der Waals surface area contributed by atoms with Crippen LogP contribution in [0.25, 0.3) is 6.08 Å². The van der Waals surface area contributed by atoms with Gasteiger partial charge in [0.1, 0.15) is 0 Å². The summed E-state index contributed by atoms with van der Waals surface area (Å²) in [6, 6.07) is 5.24. The zero-order chi connectivity index (χ0) is 22.3. The maximum absolute atomic E-state index is 3.03. The van der Waals surface area contributed by atoms with Crippen LogP contribution in [0.4, 0.5) is 0 Å². The van der Waals surface area contributed by atoms with Gasteiger partial charge in [-0.15, -0.1) is 0 Å². The molecule has 0 aliphatic heterocycles. The zero-order valence-corrected chi connectivity index (χ0v) is 24.7. The van der Waals surface area contributed by atoms with Gasteiger partial charge in [0, 0.05) is 0 Å². The van der Waals surface area contributed by atoms with E-state index in [1.54, 1.807) is 39.0 Å². The van der Waals surface area contributed by atoms with Crippen LogP contribution in [0.1, 0.15) is 90.5 Å². The van der Waals surface area contributed by atoms with Crippen LogP contribution in [0.15, 0.2) is 40.5 Å². The van der Waals surface area contributed by atoms with Crippen LogP contribution in [0.5, 0.6) is 0 Å². The van der Waals surface area contributed by atoms with Crippen LogP contribution in [0.2, 0.25) is 12.5 Å². The predicted molar refractivity (Wildman–Crippen MR) is 130 cm³/mol. The monoisotopic (exact) mass is 570 g/mol. The molecule has 4 rings (SSSR count). The number of hydrogen-bond acceptors (Lipinski definition) is 0. The Morgan fingerprint density at radius 3 is 1.93 bits per heavy atom. The van der Waals surface area contributed by atoms with Crippen molar-refractivity contribution in [1.29, 1.82) is 0 Å². The molecule has 1 heteroatoms. The van der Waals surface area contributed by atoms with Crippen LogP contribution < -0.4 is 0 Å². The van der Waals surface area contributed by atoms with Crippen LogP contribution in [-0.4, -0.2) is 0 Å². The summed E-state index contributed by atoms with van der Waals surface area (Å²) in [7, 11) is 0. The third-order valence-corrected chi connectivity index (χ3v) is 32.1. The van der Waals surface area contributed by atoms with Gasteiger partial charge >= 0.3 is 191 Å². The van der Waals surface area contributed by atoms with Gasteiger partial charge in [0.2, 0.25) is 0 Å². The van der Waals surface area contributed by atoms with Gasteiger partial charge in [-0.25, -0.2) is 0 Å². The Hall–Kier alpha value is -0.690. The minimum atomic E-state index is -3.03. The van der Waals surface area contributed by atoms with Gasteiger partial charge in [-0.2, -0.15) is 0 Å². The van der Waals surface area contributed by atoms with E-state index in [0.717, 1.165) is 0 Å². The molecule has 0 saturated heterocycles. The number of hydrogen-bond donors (Lipinski definition) is 0. The number of benzene rings is 1. The van der Waals surface area contributed by atoms with Crippen molar-refractivity contribution in [1.82, 2.24) is 0 Å². The van der Waals surface area contributed by atoms with Crippen LogP contribution in [0.3, 0.4) is 0 Å². The Kier molecular flexibility index (Phi) is 5.18. The Morgan fingerprint density at radius 2 is 1.40 bits per heavy atom. The molecule has 1 aromatic rings. The van der Waals surface area contributed by atoms with Crippen molar-refractivity contribution in [3.05, 3.63) is 62.8 Å². The molecule has 1 unspecified atom stereocenters. The van der Waals surface area contributed by atoms with E-state index in [0.29, 0.717) is 11.8 Å². The van der Waals surface area contributed by atoms with Gasteiger partial charge in [-0.1, -0.05) is 0 Å². The molecule has 1 atom stereocenters. The van der Waals surface area contributed by atoms with E-state index in [-0.39, 0.29) is 0 Å². The van der Waals surface area contributed by atoms with Gasteiger partial charge in [0.05, 0.1) is 0 Å². The van der Waals surface area contributed by atoms with Crippen molar-refractivity contribution in [3.8, 4) is 0 Å².